The van der Waals surface area contributed by atoms with Crippen LogP contribution < -0.4 is 10.3 Å². The Bertz CT molecular complexity index is 1470. The summed E-state index contributed by atoms with van der Waals surface area (Å²) in [5, 5.41) is 14.1. The topological polar surface area (TPSA) is 98.2 Å². The third kappa shape index (κ3) is 5.60. The molecule has 0 aliphatic carbocycles. The monoisotopic (exact) mass is 530 g/mol. The highest BCUT2D eigenvalue weighted by atomic mass is 16.5. The van der Waals surface area contributed by atoms with E-state index in [9.17, 15) is 4.79 Å². The second kappa shape index (κ2) is 11.3. The summed E-state index contributed by atoms with van der Waals surface area (Å²) in [6.45, 7) is 10.3. The molecule has 0 spiro atoms. The van der Waals surface area contributed by atoms with Crippen LogP contribution in [-0.4, -0.2) is 56.5 Å². The quantitative estimate of drug-likeness (QED) is 0.316. The summed E-state index contributed by atoms with van der Waals surface area (Å²) < 4.78 is 13.4. The van der Waals surface area contributed by atoms with Crippen molar-refractivity contribution in [2.75, 3.05) is 20.3 Å². The van der Waals surface area contributed by atoms with Crippen LogP contribution in [0.3, 0.4) is 0 Å². The maximum absolute atomic E-state index is 13.8. The molecular formula is C30H38N6O3. The SMILES string of the molecule is CCC(C)(C)n1nnnc1[C@@H](c1cc2cccc(C)c2[nH]c1=O)N(Cc1ccc(OC)cc1)C[C@@H]1CCCO1. The number of hydrogen-bond acceptors (Lipinski definition) is 7. The van der Waals surface area contributed by atoms with E-state index >= 15 is 0 Å². The van der Waals surface area contributed by atoms with E-state index in [0.717, 1.165) is 53.6 Å². The van der Waals surface area contributed by atoms with Gasteiger partial charge in [0.2, 0.25) is 0 Å². The van der Waals surface area contributed by atoms with Gasteiger partial charge in [0, 0.05) is 25.3 Å². The van der Waals surface area contributed by atoms with Gasteiger partial charge in [-0.15, -0.1) is 5.10 Å². The molecular weight excluding hydrogens is 492 g/mol. The van der Waals surface area contributed by atoms with Crippen LogP contribution >= 0.6 is 0 Å². The van der Waals surface area contributed by atoms with Crippen LogP contribution in [0.15, 0.2) is 53.3 Å². The lowest BCUT2D eigenvalue weighted by molar-refractivity contribution is 0.0562. The van der Waals surface area contributed by atoms with E-state index in [1.165, 1.54) is 0 Å². The van der Waals surface area contributed by atoms with Crippen molar-refractivity contribution in [3.05, 3.63) is 81.4 Å². The van der Waals surface area contributed by atoms with Gasteiger partial charge in [0.05, 0.1) is 24.3 Å². The number of rotatable bonds is 10. The molecule has 9 heteroatoms. The zero-order valence-corrected chi connectivity index (χ0v) is 23.5. The fourth-order valence-electron chi connectivity index (χ4n) is 5.32. The third-order valence-electron chi connectivity index (χ3n) is 7.96. The van der Waals surface area contributed by atoms with Crippen LogP contribution in [0.1, 0.15) is 68.6 Å². The summed E-state index contributed by atoms with van der Waals surface area (Å²) in [4.78, 5) is 19.3. The molecule has 0 amide bonds. The first-order valence-corrected chi connectivity index (χ1v) is 13.7. The molecule has 2 atom stereocenters. The highest BCUT2D eigenvalue weighted by Gasteiger charge is 2.36. The van der Waals surface area contributed by atoms with E-state index < -0.39 is 6.04 Å². The highest BCUT2D eigenvalue weighted by molar-refractivity contribution is 5.82. The van der Waals surface area contributed by atoms with Gasteiger partial charge < -0.3 is 14.5 Å². The molecule has 2 aromatic heterocycles. The first-order valence-electron chi connectivity index (χ1n) is 13.7. The molecule has 3 heterocycles. The van der Waals surface area contributed by atoms with E-state index in [2.05, 4.69) is 58.3 Å². The Hall–Kier alpha value is -3.56. The normalized spacial score (nSPS) is 16.7. The minimum atomic E-state index is -0.495. The molecule has 4 aromatic rings. The zero-order valence-electron chi connectivity index (χ0n) is 23.5. The molecule has 0 saturated carbocycles. The fourth-order valence-corrected chi connectivity index (χ4v) is 5.32. The number of nitrogens with zero attached hydrogens (tertiary/aromatic N) is 5. The van der Waals surface area contributed by atoms with Gasteiger partial charge in [-0.05, 0) is 85.2 Å². The van der Waals surface area contributed by atoms with Gasteiger partial charge >= 0.3 is 0 Å². The lowest BCUT2D eigenvalue weighted by Crippen LogP contribution is -2.41. The van der Waals surface area contributed by atoms with Gasteiger partial charge in [-0.25, -0.2) is 4.68 Å². The van der Waals surface area contributed by atoms with Gasteiger partial charge in [-0.1, -0.05) is 37.3 Å². The number of H-pyrrole nitrogens is 1. The molecule has 1 aliphatic rings. The van der Waals surface area contributed by atoms with Gasteiger partial charge in [0.25, 0.3) is 5.56 Å². The van der Waals surface area contributed by atoms with Crippen LogP contribution in [0.2, 0.25) is 0 Å². The van der Waals surface area contributed by atoms with E-state index in [0.29, 0.717) is 24.5 Å². The molecule has 1 fully saturated rings. The Labute approximate surface area is 229 Å². The number of pyridine rings is 1. The van der Waals surface area contributed by atoms with Crippen molar-refractivity contribution in [3.63, 3.8) is 0 Å². The molecule has 1 aliphatic heterocycles. The van der Waals surface area contributed by atoms with E-state index in [-0.39, 0.29) is 17.2 Å². The summed E-state index contributed by atoms with van der Waals surface area (Å²) in [6.07, 6.45) is 2.90. The molecule has 0 bridgehead atoms. The van der Waals surface area contributed by atoms with Gasteiger partial charge in [-0.2, -0.15) is 0 Å². The second-order valence-corrected chi connectivity index (χ2v) is 11.0. The third-order valence-corrected chi connectivity index (χ3v) is 7.96. The number of methoxy groups -OCH3 is 1. The van der Waals surface area contributed by atoms with Crippen molar-refractivity contribution < 1.29 is 9.47 Å². The number of benzene rings is 2. The molecule has 206 valence electrons. The molecule has 9 nitrogen and oxygen atoms in total. The van der Waals surface area contributed by atoms with E-state index in [4.69, 9.17) is 9.47 Å². The van der Waals surface area contributed by atoms with Crippen molar-refractivity contribution >= 4 is 10.9 Å². The number of aryl methyl sites for hydroxylation is 1. The van der Waals surface area contributed by atoms with Crippen molar-refractivity contribution in [2.45, 2.75) is 71.2 Å². The maximum Gasteiger partial charge on any atom is 0.253 e. The molecule has 39 heavy (non-hydrogen) atoms. The standard InChI is InChI=1S/C30H38N6O3/c1-6-30(3,4)36-28(32-33-34-36)27(25-17-22-10-7-9-20(2)26(22)31-29(25)37)35(19-24-11-8-16-39-24)18-21-12-14-23(38-5)15-13-21/h7,9-10,12-15,17,24,27H,6,8,11,16,18-19H2,1-5H3,(H,31,37)/t24-,27+/m0/s1. The first kappa shape index (κ1) is 27.0. The Balaban J connectivity index is 1.69. The van der Waals surface area contributed by atoms with Gasteiger partial charge in [0.15, 0.2) is 5.82 Å². The average Bonchev–Trinajstić information content (AvgIpc) is 3.63. The fraction of sp³-hybridized carbons (Fsp3) is 0.467. The molecule has 2 aromatic carbocycles. The average molecular weight is 531 g/mol. The summed E-state index contributed by atoms with van der Waals surface area (Å²) in [5.41, 5.74) is 3.10. The van der Waals surface area contributed by atoms with Crippen LogP contribution in [0.4, 0.5) is 0 Å². The molecule has 1 saturated heterocycles. The second-order valence-electron chi connectivity index (χ2n) is 11.0. The summed E-state index contributed by atoms with van der Waals surface area (Å²) in [5.74, 6) is 1.45. The highest BCUT2D eigenvalue weighted by Crippen LogP contribution is 2.33. The zero-order chi connectivity index (χ0) is 27.6. The Morgan fingerprint density at radius 2 is 2.03 bits per heavy atom. The lowest BCUT2D eigenvalue weighted by Gasteiger charge is -2.34. The van der Waals surface area contributed by atoms with E-state index in [1.807, 2.05) is 48.0 Å². The molecule has 0 radical (unpaired) electrons. The van der Waals surface area contributed by atoms with E-state index in [1.54, 1.807) is 7.11 Å². The number of aromatic amines is 1. The Morgan fingerprint density at radius 3 is 2.72 bits per heavy atom. The summed E-state index contributed by atoms with van der Waals surface area (Å²) in [6, 6.07) is 15.6. The number of aromatic nitrogens is 5. The van der Waals surface area contributed by atoms with Crippen molar-refractivity contribution in [1.82, 2.24) is 30.1 Å². The number of fused-ring (bicyclic) bond motifs is 1. The number of para-hydroxylation sites is 1. The van der Waals surface area contributed by atoms with Crippen LogP contribution in [-0.2, 0) is 16.8 Å². The number of ether oxygens (including phenoxy) is 2. The van der Waals surface area contributed by atoms with Crippen molar-refractivity contribution in [2.24, 2.45) is 0 Å². The van der Waals surface area contributed by atoms with Crippen LogP contribution in [0, 0.1) is 6.92 Å². The Kier molecular flexibility index (Phi) is 7.81. The Morgan fingerprint density at radius 1 is 1.23 bits per heavy atom. The first-order chi connectivity index (χ1) is 18.8. The van der Waals surface area contributed by atoms with Crippen LogP contribution in [0.25, 0.3) is 10.9 Å². The minimum absolute atomic E-state index is 0.0658. The molecule has 5 rings (SSSR count). The predicted octanol–water partition coefficient (Wildman–Crippen LogP) is 4.75. The largest absolute Gasteiger partial charge is 0.497 e. The van der Waals surface area contributed by atoms with Gasteiger partial charge in [0.1, 0.15) is 11.8 Å². The smallest absolute Gasteiger partial charge is 0.253 e. The number of tetrazole rings is 1. The van der Waals surface area contributed by atoms with Crippen LogP contribution in [0.5, 0.6) is 5.75 Å². The van der Waals surface area contributed by atoms with Crippen molar-refractivity contribution in [3.8, 4) is 5.75 Å². The number of nitrogens with one attached hydrogen (secondary N) is 1. The maximum atomic E-state index is 13.8. The lowest BCUT2D eigenvalue weighted by atomic mass is 9.98. The number of hydrogen-bond donors (Lipinski definition) is 1. The predicted molar refractivity (Wildman–Crippen MR) is 151 cm³/mol. The summed E-state index contributed by atoms with van der Waals surface area (Å²) >= 11 is 0. The molecule has 1 N–H and O–H groups in total. The van der Waals surface area contributed by atoms with Crippen molar-refractivity contribution in [1.29, 1.82) is 0 Å². The van der Waals surface area contributed by atoms with Gasteiger partial charge in [-0.3, -0.25) is 9.69 Å². The summed E-state index contributed by atoms with van der Waals surface area (Å²) in [7, 11) is 1.66. The minimum Gasteiger partial charge on any atom is -0.497 e. The molecule has 0 unspecified atom stereocenters.